The van der Waals surface area contributed by atoms with Crippen molar-refractivity contribution in [3.63, 3.8) is 0 Å². The average molecular weight is 229 g/mol. The third-order valence-electron chi connectivity index (χ3n) is 3.85. The summed E-state index contributed by atoms with van der Waals surface area (Å²) in [5.74, 6) is 0. The van der Waals surface area contributed by atoms with Crippen LogP contribution in [0, 0.1) is 5.41 Å². The van der Waals surface area contributed by atoms with Gasteiger partial charge in [-0.25, -0.2) is 0 Å². The third kappa shape index (κ3) is 3.72. The van der Waals surface area contributed by atoms with Gasteiger partial charge in [-0.05, 0) is 26.7 Å². The molecule has 0 heterocycles. The maximum absolute atomic E-state index is 9.61. The lowest BCUT2D eigenvalue weighted by molar-refractivity contribution is 0.0488. The van der Waals surface area contributed by atoms with E-state index in [0.29, 0.717) is 12.6 Å². The number of rotatable bonds is 7. The Morgan fingerprint density at radius 2 is 1.94 bits per heavy atom. The highest BCUT2D eigenvalue weighted by atomic mass is 16.5. The number of aliphatic hydroxyl groups is 1. The Kier molecular flexibility index (Phi) is 5.73. The number of aliphatic hydroxyl groups excluding tert-OH is 1. The van der Waals surface area contributed by atoms with Crippen molar-refractivity contribution in [2.75, 3.05) is 33.4 Å². The smallest absolute Gasteiger partial charge is 0.0589 e. The first-order valence-electron chi connectivity index (χ1n) is 6.47. The zero-order chi connectivity index (χ0) is 12.0. The van der Waals surface area contributed by atoms with E-state index < -0.39 is 0 Å². The first-order chi connectivity index (χ1) is 7.63. The van der Waals surface area contributed by atoms with E-state index in [-0.39, 0.29) is 5.41 Å². The van der Waals surface area contributed by atoms with Crippen molar-refractivity contribution in [1.82, 2.24) is 4.90 Å². The minimum atomic E-state index is 0.165. The Labute approximate surface area is 99.8 Å². The zero-order valence-corrected chi connectivity index (χ0v) is 11.0. The summed E-state index contributed by atoms with van der Waals surface area (Å²) in [6.45, 7) is 7.54. The highest BCUT2D eigenvalue weighted by Gasteiger charge is 2.35. The normalized spacial score (nSPS) is 19.9. The second-order valence-corrected chi connectivity index (χ2v) is 5.42. The molecule has 3 nitrogen and oxygen atoms in total. The van der Waals surface area contributed by atoms with Crippen molar-refractivity contribution < 1.29 is 9.84 Å². The van der Waals surface area contributed by atoms with Crippen molar-refractivity contribution in [2.45, 2.75) is 45.6 Å². The van der Waals surface area contributed by atoms with Crippen molar-refractivity contribution in [3.05, 3.63) is 0 Å². The van der Waals surface area contributed by atoms with E-state index in [0.717, 1.165) is 19.7 Å². The molecule has 0 aliphatic heterocycles. The molecule has 0 aromatic heterocycles. The molecule has 16 heavy (non-hydrogen) atoms. The van der Waals surface area contributed by atoms with Crippen molar-refractivity contribution in [2.24, 2.45) is 5.41 Å². The van der Waals surface area contributed by atoms with E-state index in [1.54, 1.807) is 7.11 Å². The van der Waals surface area contributed by atoms with E-state index in [1.165, 1.54) is 25.7 Å². The number of nitrogens with zero attached hydrogens (tertiary/aromatic N) is 1. The van der Waals surface area contributed by atoms with Crippen molar-refractivity contribution in [1.29, 1.82) is 0 Å². The van der Waals surface area contributed by atoms with Crippen LogP contribution < -0.4 is 0 Å². The Bertz CT molecular complexity index is 188. The first kappa shape index (κ1) is 13.9. The van der Waals surface area contributed by atoms with Crippen LogP contribution >= 0.6 is 0 Å². The molecule has 0 amide bonds. The fourth-order valence-electron chi connectivity index (χ4n) is 2.65. The largest absolute Gasteiger partial charge is 0.396 e. The predicted molar refractivity (Wildman–Crippen MR) is 66.6 cm³/mol. The van der Waals surface area contributed by atoms with Gasteiger partial charge in [-0.1, -0.05) is 12.8 Å². The summed E-state index contributed by atoms with van der Waals surface area (Å²) in [6.07, 6.45) is 4.91. The van der Waals surface area contributed by atoms with E-state index in [4.69, 9.17) is 4.74 Å². The summed E-state index contributed by atoms with van der Waals surface area (Å²) >= 11 is 0. The van der Waals surface area contributed by atoms with Gasteiger partial charge < -0.3 is 9.84 Å². The summed E-state index contributed by atoms with van der Waals surface area (Å²) in [5, 5.41) is 9.61. The minimum Gasteiger partial charge on any atom is -0.396 e. The fourth-order valence-corrected chi connectivity index (χ4v) is 2.65. The molecule has 1 N–H and O–H groups in total. The van der Waals surface area contributed by atoms with Gasteiger partial charge in [0.15, 0.2) is 0 Å². The average Bonchev–Trinajstić information content (AvgIpc) is 2.73. The van der Waals surface area contributed by atoms with E-state index in [2.05, 4.69) is 18.7 Å². The molecular weight excluding hydrogens is 202 g/mol. The molecule has 0 bridgehead atoms. The summed E-state index contributed by atoms with van der Waals surface area (Å²) in [6, 6.07) is 0.527. The Hall–Kier alpha value is -0.120. The lowest BCUT2D eigenvalue weighted by Crippen LogP contribution is -2.43. The molecule has 0 aromatic rings. The van der Waals surface area contributed by atoms with E-state index in [9.17, 15) is 5.11 Å². The molecule has 1 fully saturated rings. The zero-order valence-electron chi connectivity index (χ0n) is 11.0. The van der Waals surface area contributed by atoms with Crippen LogP contribution in [0.25, 0.3) is 0 Å². The fraction of sp³-hybridized carbons (Fsp3) is 1.00. The highest BCUT2D eigenvalue weighted by molar-refractivity contribution is 4.87. The van der Waals surface area contributed by atoms with Gasteiger partial charge in [0.2, 0.25) is 0 Å². The van der Waals surface area contributed by atoms with Crippen LogP contribution in [0.4, 0.5) is 0 Å². The topological polar surface area (TPSA) is 32.7 Å². The number of methoxy groups -OCH3 is 1. The minimum absolute atomic E-state index is 0.165. The van der Waals surface area contributed by atoms with Gasteiger partial charge >= 0.3 is 0 Å². The van der Waals surface area contributed by atoms with Crippen molar-refractivity contribution in [3.8, 4) is 0 Å². The molecule has 0 radical (unpaired) electrons. The number of hydrogen-bond donors (Lipinski definition) is 1. The lowest BCUT2D eigenvalue weighted by Gasteiger charge is -2.36. The molecule has 96 valence electrons. The van der Waals surface area contributed by atoms with Gasteiger partial charge in [-0.15, -0.1) is 0 Å². The number of hydrogen-bond acceptors (Lipinski definition) is 3. The quantitative estimate of drug-likeness (QED) is 0.723. The molecule has 1 saturated carbocycles. The van der Waals surface area contributed by atoms with Crippen LogP contribution in [0.3, 0.4) is 0 Å². The molecule has 0 aromatic carbocycles. The molecule has 0 atom stereocenters. The monoisotopic (exact) mass is 229 g/mol. The summed E-state index contributed by atoms with van der Waals surface area (Å²) in [5.41, 5.74) is 0.165. The van der Waals surface area contributed by atoms with Gasteiger partial charge in [0.1, 0.15) is 0 Å². The molecule has 1 aliphatic rings. The second kappa shape index (κ2) is 6.58. The van der Waals surface area contributed by atoms with Gasteiger partial charge in [0.05, 0.1) is 6.61 Å². The Balaban J connectivity index is 2.51. The number of ether oxygens (including phenoxy) is 1. The summed E-state index contributed by atoms with van der Waals surface area (Å²) < 4.78 is 5.15. The molecule has 1 aliphatic carbocycles. The summed E-state index contributed by atoms with van der Waals surface area (Å²) in [4.78, 5) is 2.44. The van der Waals surface area contributed by atoms with Gasteiger partial charge in [-0.2, -0.15) is 0 Å². The first-order valence-corrected chi connectivity index (χ1v) is 6.47. The molecular formula is C13H27NO2. The van der Waals surface area contributed by atoms with Crippen LogP contribution in [0.15, 0.2) is 0 Å². The predicted octanol–water partition coefficient (Wildman–Crippen LogP) is 1.90. The second-order valence-electron chi connectivity index (χ2n) is 5.42. The molecule has 0 spiro atoms. The molecule has 0 saturated heterocycles. The molecule has 0 unspecified atom stereocenters. The Morgan fingerprint density at radius 3 is 2.38 bits per heavy atom. The SMILES string of the molecule is COCCN(CC1(CO)CCCC1)C(C)C. The van der Waals surface area contributed by atoms with Crippen molar-refractivity contribution >= 4 is 0 Å². The Morgan fingerprint density at radius 1 is 1.31 bits per heavy atom. The molecule has 1 rings (SSSR count). The highest BCUT2D eigenvalue weighted by Crippen LogP contribution is 2.38. The third-order valence-corrected chi connectivity index (χ3v) is 3.85. The van der Waals surface area contributed by atoms with Gasteiger partial charge in [0.25, 0.3) is 0 Å². The van der Waals surface area contributed by atoms with E-state index in [1.807, 2.05) is 0 Å². The molecule has 3 heteroatoms. The van der Waals surface area contributed by atoms with Crippen LogP contribution in [-0.2, 0) is 4.74 Å². The van der Waals surface area contributed by atoms with Gasteiger partial charge in [0, 0.05) is 38.3 Å². The van der Waals surface area contributed by atoms with E-state index >= 15 is 0 Å². The maximum atomic E-state index is 9.61. The van der Waals surface area contributed by atoms with Crippen LogP contribution in [-0.4, -0.2) is 49.5 Å². The van der Waals surface area contributed by atoms with Gasteiger partial charge in [-0.3, -0.25) is 4.90 Å². The summed E-state index contributed by atoms with van der Waals surface area (Å²) in [7, 11) is 1.75. The van der Waals surface area contributed by atoms with Crippen LogP contribution in [0.1, 0.15) is 39.5 Å². The standard InChI is InChI=1S/C13H27NO2/c1-12(2)14(8-9-16-3)10-13(11-15)6-4-5-7-13/h12,15H,4-11H2,1-3H3. The van der Waals surface area contributed by atoms with Crippen LogP contribution in [0.5, 0.6) is 0 Å². The maximum Gasteiger partial charge on any atom is 0.0589 e. The lowest BCUT2D eigenvalue weighted by atomic mass is 9.86. The van der Waals surface area contributed by atoms with Crippen LogP contribution in [0.2, 0.25) is 0 Å².